The van der Waals surface area contributed by atoms with Crippen LogP contribution < -0.4 is 0 Å². The van der Waals surface area contributed by atoms with E-state index < -0.39 is 0 Å². The summed E-state index contributed by atoms with van der Waals surface area (Å²) in [5.41, 5.74) is 3.27. The normalized spacial score (nSPS) is 13.6. The van der Waals surface area contributed by atoms with Crippen LogP contribution in [-0.4, -0.2) is 25.2 Å². The fourth-order valence-corrected chi connectivity index (χ4v) is 3.22. The summed E-state index contributed by atoms with van der Waals surface area (Å²) in [6, 6.07) is 0.443. The first kappa shape index (κ1) is 15.4. The molecule has 0 fully saturated rings. The molecule has 2 rings (SSSR count). The number of imidazole rings is 1. The number of aromatic nitrogens is 4. The van der Waals surface area contributed by atoms with E-state index in [1.807, 2.05) is 11.7 Å². The number of alkyl halides is 1. The van der Waals surface area contributed by atoms with Gasteiger partial charge in [0.25, 0.3) is 0 Å². The maximum Gasteiger partial charge on any atom is 0.158 e. The summed E-state index contributed by atoms with van der Waals surface area (Å²) in [5.74, 6) is 2.26. The molecule has 2 aromatic heterocycles. The van der Waals surface area contributed by atoms with Gasteiger partial charge in [0, 0.05) is 25.4 Å². The molecule has 4 nitrogen and oxygen atoms in total. The second-order valence-electron chi connectivity index (χ2n) is 5.65. The van der Waals surface area contributed by atoms with Crippen LogP contribution in [0.25, 0.3) is 11.2 Å². The zero-order valence-corrected chi connectivity index (χ0v) is 13.9. The molecule has 0 radical (unpaired) electrons. The van der Waals surface area contributed by atoms with E-state index in [2.05, 4.69) is 37.4 Å². The first-order valence-corrected chi connectivity index (χ1v) is 8.07. The standard InChI is InChI=1S/C15H25ClN4/c1-6-11-14-15(19(5)18-11)20(12(7-2)10(3)4)13(17-14)8-9-16/h10,12H,6-9H2,1-5H3. The summed E-state index contributed by atoms with van der Waals surface area (Å²) in [6.45, 7) is 8.89. The van der Waals surface area contributed by atoms with E-state index in [9.17, 15) is 0 Å². The average molecular weight is 297 g/mol. The number of nitrogens with zero attached hydrogens (tertiary/aromatic N) is 4. The Balaban J connectivity index is 2.70. The largest absolute Gasteiger partial charge is 0.309 e. The van der Waals surface area contributed by atoms with Crippen molar-refractivity contribution < 1.29 is 0 Å². The van der Waals surface area contributed by atoms with Gasteiger partial charge in [-0.3, -0.25) is 4.68 Å². The van der Waals surface area contributed by atoms with Crippen molar-refractivity contribution in [1.29, 1.82) is 0 Å². The van der Waals surface area contributed by atoms with Gasteiger partial charge in [-0.25, -0.2) is 4.98 Å². The lowest BCUT2D eigenvalue weighted by molar-refractivity contribution is 0.361. The molecule has 5 heteroatoms. The highest BCUT2D eigenvalue weighted by atomic mass is 35.5. The molecule has 0 saturated heterocycles. The maximum atomic E-state index is 5.97. The highest BCUT2D eigenvalue weighted by Gasteiger charge is 2.24. The Morgan fingerprint density at radius 3 is 2.45 bits per heavy atom. The first-order chi connectivity index (χ1) is 9.54. The fourth-order valence-electron chi connectivity index (χ4n) is 3.05. The van der Waals surface area contributed by atoms with Crippen molar-refractivity contribution in [3.05, 3.63) is 11.5 Å². The predicted octanol–water partition coefficient (Wildman–Crippen LogP) is 3.72. The van der Waals surface area contributed by atoms with Crippen LogP contribution in [0, 0.1) is 5.92 Å². The molecule has 0 aliphatic carbocycles. The van der Waals surface area contributed by atoms with Crippen LogP contribution in [0.15, 0.2) is 0 Å². The van der Waals surface area contributed by atoms with E-state index in [1.165, 1.54) is 0 Å². The Kier molecular flexibility index (Phi) is 4.74. The molecule has 1 atom stereocenters. The second kappa shape index (κ2) is 6.17. The molecule has 0 aliphatic rings. The van der Waals surface area contributed by atoms with Crippen molar-refractivity contribution in [2.45, 2.75) is 53.0 Å². The molecule has 0 amide bonds. The van der Waals surface area contributed by atoms with Crippen LogP contribution in [0.2, 0.25) is 0 Å². The van der Waals surface area contributed by atoms with Gasteiger partial charge in [0.2, 0.25) is 0 Å². The molecule has 1 unspecified atom stereocenters. The van der Waals surface area contributed by atoms with Crippen molar-refractivity contribution in [2.75, 3.05) is 5.88 Å². The molecule has 0 saturated carbocycles. The van der Waals surface area contributed by atoms with Crippen molar-refractivity contribution in [3.8, 4) is 0 Å². The quantitative estimate of drug-likeness (QED) is 0.762. The fraction of sp³-hybridized carbons (Fsp3) is 0.733. The molecule has 0 spiro atoms. The highest BCUT2D eigenvalue weighted by Crippen LogP contribution is 2.30. The topological polar surface area (TPSA) is 35.6 Å². The molecule has 0 N–H and O–H groups in total. The van der Waals surface area contributed by atoms with Gasteiger partial charge >= 0.3 is 0 Å². The molecular weight excluding hydrogens is 272 g/mol. The molecule has 112 valence electrons. The summed E-state index contributed by atoms with van der Waals surface area (Å²) in [4.78, 5) is 4.84. The number of halogens is 1. The van der Waals surface area contributed by atoms with Crippen LogP contribution in [0.1, 0.15) is 51.7 Å². The van der Waals surface area contributed by atoms with E-state index in [-0.39, 0.29) is 0 Å². The zero-order chi connectivity index (χ0) is 14.9. The van der Waals surface area contributed by atoms with Crippen LogP contribution in [0.5, 0.6) is 0 Å². The van der Waals surface area contributed by atoms with Crippen LogP contribution in [-0.2, 0) is 19.9 Å². The lowest BCUT2D eigenvalue weighted by Crippen LogP contribution is -2.19. The Morgan fingerprint density at radius 2 is 1.95 bits per heavy atom. The minimum atomic E-state index is 0.443. The predicted molar refractivity (Wildman–Crippen MR) is 84.5 cm³/mol. The number of hydrogen-bond donors (Lipinski definition) is 0. The van der Waals surface area contributed by atoms with Crippen molar-refractivity contribution >= 4 is 22.8 Å². The molecular formula is C15H25ClN4. The second-order valence-corrected chi connectivity index (χ2v) is 6.03. The third-order valence-electron chi connectivity index (χ3n) is 3.98. The van der Waals surface area contributed by atoms with Gasteiger partial charge in [-0.2, -0.15) is 5.10 Å². The molecule has 0 aromatic carbocycles. The third-order valence-corrected chi connectivity index (χ3v) is 4.17. The molecule has 2 heterocycles. The van der Waals surface area contributed by atoms with Crippen LogP contribution in [0.4, 0.5) is 0 Å². The van der Waals surface area contributed by atoms with Gasteiger partial charge in [0.1, 0.15) is 11.3 Å². The minimum Gasteiger partial charge on any atom is -0.309 e. The van der Waals surface area contributed by atoms with Crippen molar-refractivity contribution in [2.24, 2.45) is 13.0 Å². The number of hydrogen-bond acceptors (Lipinski definition) is 2. The van der Waals surface area contributed by atoms with E-state index in [0.29, 0.717) is 17.8 Å². The molecule has 20 heavy (non-hydrogen) atoms. The first-order valence-electron chi connectivity index (χ1n) is 7.53. The van der Waals surface area contributed by atoms with Crippen molar-refractivity contribution in [3.63, 3.8) is 0 Å². The Morgan fingerprint density at radius 1 is 1.25 bits per heavy atom. The lowest BCUT2D eigenvalue weighted by Gasteiger charge is -2.23. The zero-order valence-electron chi connectivity index (χ0n) is 13.1. The van der Waals surface area contributed by atoms with Crippen LogP contribution in [0.3, 0.4) is 0 Å². The van der Waals surface area contributed by atoms with Gasteiger partial charge in [0.05, 0.1) is 5.69 Å². The molecule has 0 aliphatic heterocycles. The summed E-state index contributed by atoms with van der Waals surface area (Å²) in [5, 5.41) is 4.61. The molecule has 2 aromatic rings. The third kappa shape index (κ3) is 2.46. The van der Waals surface area contributed by atoms with Crippen LogP contribution >= 0.6 is 11.6 Å². The molecule has 0 bridgehead atoms. The Hall–Kier alpha value is -1.03. The summed E-state index contributed by atoms with van der Waals surface area (Å²) in [6.07, 6.45) is 2.81. The Bertz CT molecular complexity index is 582. The highest BCUT2D eigenvalue weighted by molar-refractivity contribution is 6.17. The number of rotatable bonds is 6. The SMILES string of the molecule is CCc1nn(C)c2c1nc(CCCl)n2C(CC)C(C)C. The van der Waals surface area contributed by atoms with E-state index >= 15 is 0 Å². The minimum absolute atomic E-state index is 0.443. The summed E-state index contributed by atoms with van der Waals surface area (Å²) < 4.78 is 4.35. The Labute approximate surface area is 126 Å². The number of aryl methyl sites for hydroxylation is 3. The van der Waals surface area contributed by atoms with Gasteiger partial charge in [-0.15, -0.1) is 11.6 Å². The summed E-state index contributed by atoms with van der Waals surface area (Å²) in [7, 11) is 2.01. The average Bonchev–Trinajstić information content (AvgIpc) is 2.90. The maximum absolute atomic E-state index is 5.97. The van der Waals surface area contributed by atoms with Gasteiger partial charge in [0.15, 0.2) is 5.65 Å². The lowest BCUT2D eigenvalue weighted by atomic mass is 10.0. The van der Waals surface area contributed by atoms with Gasteiger partial charge < -0.3 is 4.57 Å². The monoisotopic (exact) mass is 296 g/mol. The van der Waals surface area contributed by atoms with E-state index in [0.717, 1.165) is 41.9 Å². The van der Waals surface area contributed by atoms with E-state index in [1.54, 1.807) is 0 Å². The van der Waals surface area contributed by atoms with E-state index in [4.69, 9.17) is 16.6 Å². The summed E-state index contributed by atoms with van der Waals surface area (Å²) >= 11 is 5.97. The van der Waals surface area contributed by atoms with Crippen molar-refractivity contribution in [1.82, 2.24) is 19.3 Å². The van der Waals surface area contributed by atoms with Gasteiger partial charge in [-0.05, 0) is 18.8 Å². The number of fused-ring (bicyclic) bond motifs is 1. The van der Waals surface area contributed by atoms with Gasteiger partial charge in [-0.1, -0.05) is 27.7 Å². The smallest absolute Gasteiger partial charge is 0.158 e.